The fourth-order valence-corrected chi connectivity index (χ4v) is 2.84. The number of carbonyl (C=O) groups excluding carboxylic acids is 1. The fourth-order valence-electron chi connectivity index (χ4n) is 2.84. The molecule has 5 nitrogen and oxygen atoms in total. The van der Waals surface area contributed by atoms with Crippen LogP contribution in [0.2, 0.25) is 0 Å². The van der Waals surface area contributed by atoms with Crippen molar-refractivity contribution in [2.24, 2.45) is 0 Å². The number of carbonyl (C=O) groups is 2. The van der Waals surface area contributed by atoms with E-state index in [2.05, 4.69) is 17.4 Å². The van der Waals surface area contributed by atoms with Gasteiger partial charge >= 0.3 is 6.09 Å². The predicted molar refractivity (Wildman–Crippen MR) is 78.3 cm³/mol. The molecular weight excluding hydrogens is 268 g/mol. The molecule has 0 bridgehead atoms. The van der Waals surface area contributed by atoms with Gasteiger partial charge in [0.05, 0.1) is 6.42 Å². The average molecular weight is 288 g/mol. The molecule has 1 aliphatic carbocycles. The minimum atomic E-state index is -0.914. The SMILES string of the molecule is O=C(Cc1ccc(C2CC2)cc1)NC1CCN(C(=O)O)C1. The van der Waals surface area contributed by atoms with E-state index in [1.165, 1.54) is 23.3 Å². The molecule has 1 aromatic carbocycles. The van der Waals surface area contributed by atoms with Gasteiger partial charge in [0.25, 0.3) is 0 Å². The number of carboxylic acid groups (broad SMARTS) is 1. The van der Waals surface area contributed by atoms with Crippen LogP contribution in [0, 0.1) is 0 Å². The Labute approximate surface area is 123 Å². The van der Waals surface area contributed by atoms with Gasteiger partial charge in [0.1, 0.15) is 0 Å². The molecule has 1 aromatic rings. The summed E-state index contributed by atoms with van der Waals surface area (Å²) in [4.78, 5) is 24.2. The summed E-state index contributed by atoms with van der Waals surface area (Å²) in [6.07, 6.45) is 2.69. The molecule has 1 heterocycles. The molecule has 1 aliphatic heterocycles. The van der Waals surface area contributed by atoms with Crippen molar-refractivity contribution in [1.82, 2.24) is 10.2 Å². The van der Waals surface area contributed by atoms with E-state index in [1.54, 1.807) is 0 Å². The van der Waals surface area contributed by atoms with Gasteiger partial charge in [-0.3, -0.25) is 4.79 Å². The molecule has 2 aliphatic rings. The van der Waals surface area contributed by atoms with Crippen LogP contribution in [0.3, 0.4) is 0 Å². The fraction of sp³-hybridized carbons (Fsp3) is 0.500. The van der Waals surface area contributed by atoms with Crippen molar-refractivity contribution < 1.29 is 14.7 Å². The number of nitrogens with one attached hydrogen (secondary N) is 1. The summed E-state index contributed by atoms with van der Waals surface area (Å²) < 4.78 is 0. The highest BCUT2D eigenvalue weighted by Crippen LogP contribution is 2.39. The Bertz CT molecular complexity index is 537. The largest absolute Gasteiger partial charge is 0.465 e. The lowest BCUT2D eigenvalue weighted by molar-refractivity contribution is -0.121. The van der Waals surface area contributed by atoms with E-state index in [4.69, 9.17) is 5.11 Å². The highest BCUT2D eigenvalue weighted by Gasteiger charge is 2.27. The number of amides is 2. The number of hydrogen-bond acceptors (Lipinski definition) is 2. The Morgan fingerprint density at radius 3 is 2.48 bits per heavy atom. The Morgan fingerprint density at radius 2 is 1.90 bits per heavy atom. The smallest absolute Gasteiger partial charge is 0.407 e. The zero-order chi connectivity index (χ0) is 14.8. The first-order chi connectivity index (χ1) is 10.1. The third-order valence-electron chi connectivity index (χ3n) is 4.22. The van der Waals surface area contributed by atoms with Crippen molar-refractivity contribution in [3.63, 3.8) is 0 Å². The summed E-state index contributed by atoms with van der Waals surface area (Å²) in [5.74, 6) is 0.694. The highest BCUT2D eigenvalue weighted by atomic mass is 16.4. The van der Waals surface area contributed by atoms with E-state index in [9.17, 15) is 9.59 Å². The molecule has 1 atom stereocenters. The van der Waals surface area contributed by atoms with Crippen LogP contribution in [0.15, 0.2) is 24.3 Å². The van der Waals surface area contributed by atoms with Gasteiger partial charge in [0.15, 0.2) is 0 Å². The second-order valence-corrected chi connectivity index (χ2v) is 5.97. The average Bonchev–Trinajstić information content (AvgIpc) is 3.19. The van der Waals surface area contributed by atoms with E-state index < -0.39 is 6.09 Å². The molecule has 0 aromatic heterocycles. The summed E-state index contributed by atoms with van der Waals surface area (Å²) in [6.45, 7) is 0.887. The molecule has 1 saturated carbocycles. The first-order valence-corrected chi connectivity index (χ1v) is 7.48. The van der Waals surface area contributed by atoms with Crippen LogP contribution in [-0.4, -0.2) is 41.1 Å². The second kappa shape index (κ2) is 5.76. The van der Waals surface area contributed by atoms with Gasteiger partial charge in [-0.25, -0.2) is 4.79 Å². The van der Waals surface area contributed by atoms with Crippen LogP contribution in [0.25, 0.3) is 0 Å². The van der Waals surface area contributed by atoms with E-state index in [1.807, 2.05) is 12.1 Å². The van der Waals surface area contributed by atoms with Crippen molar-refractivity contribution in [3.05, 3.63) is 35.4 Å². The van der Waals surface area contributed by atoms with Gasteiger partial charge in [0, 0.05) is 19.1 Å². The van der Waals surface area contributed by atoms with Gasteiger partial charge in [-0.1, -0.05) is 24.3 Å². The lowest BCUT2D eigenvalue weighted by Gasteiger charge is -2.14. The van der Waals surface area contributed by atoms with Crippen LogP contribution in [0.1, 0.15) is 36.3 Å². The Kier molecular flexibility index (Phi) is 3.82. The highest BCUT2D eigenvalue weighted by molar-refractivity contribution is 5.79. The monoisotopic (exact) mass is 288 g/mol. The third kappa shape index (κ3) is 3.54. The van der Waals surface area contributed by atoms with E-state index in [0.717, 1.165) is 11.5 Å². The normalized spacial score (nSPS) is 21.3. The number of rotatable bonds is 4. The van der Waals surface area contributed by atoms with E-state index in [-0.39, 0.29) is 11.9 Å². The lowest BCUT2D eigenvalue weighted by Crippen LogP contribution is -2.38. The third-order valence-corrected chi connectivity index (χ3v) is 4.22. The first-order valence-electron chi connectivity index (χ1n) is 7.48. The van der Waals surface area contributed by atoms with Crippen LogP contribution >= 0.6 is 0 Å². The van der Waals surface area contributed by atoms with Crippen LogP contribution in [0.5, 0.6) is 0 Å². The predicted octanol–water partition coefficient (Wildman–Crippen LogP) is 1.98. The lowest BCUT2D eigenvalue weighted by atomic mass is 10.1. The van der Waals surface area contributed by atoms with Crippen LogP contribution < -0.4 is 5.32 Å². The molecule has 1 unspecified atom stereocenters. The van der Waals surface area contributed by atoms with Gasteiger partial charge in [0.2, 0.25) is 5.91 Å². The van der Waals surface area contributed by atoms with Crippen molar-refractivity contribution in [2.75, 3.05) is 13.1 Å². The van der Waals surface area contributed by atoms with Crippen molar-refractivity contribution in [1.29, 1.82) is 0 Å². The molecule has 1 saturated heterocycles. The molecule has 2 fully saturated rings. The second-order valence-electron chi connectivity index (χ2n) is 5.97. The summed E-state index contributed by atoms with van der Waals surface area (Å²) >= 11 is 0. The van der Waals surface area contributed by atoms with Gasteiger partial charge in [-0.15, -0.1) is 0 Å². The molecule has 0 radical (unpaired) electrons. The van der Waals surface area contributed by atoms with Crippen molar-refractivity contribution in [3.8, 4) is 0 Å². The molecule has 5 heteroatoms. The molecule has 0 spiro atoms. The molecule has 3 rings (SSSR count). The Morgan fingerprint density at radius 1 is 1.19 bits per heavy atom. The number of nitrogens with zero attached hydrogens (tertiary/aromatic N) is 1. The zero-order valence-electron chi connectivity index (χ0n) is 11.9. The van der Waals surface area contributed by atoms with E-state index in [0.29, 0.717) is 25.9 Å². The molecule has 2 amide bonds. The van der Waals surface area contributed by atoms with Gasteiger partial charge < -0.3 is 15.3 Å². The summed E-state index contributed by atoms with van der Waals surface area (Å²) in [6, 6.07) is 8.21. The number of benzene rings is 1. The standard InChI is InChI=1S/C16H20N2O3/c19-15(17-14-7-8-18(10-14)16(20)21)9-11-1-3-12(4-2-11)13-5-6-13/h1-4,13-14H,5-10H2,(H,17,19)(H,20,21). The van der Waals surface area contributed by atoms with E-state index >= 15 is 0 Å². The summed E-state index contributed by atoms with van der Waals surface area (Å²) in [5.41, 5.74) is 2.37. The topological polar surface area (TPSA) is 69.6 Å². The van der Waals surface area contributed by atoms with Crippen LogP contribution in [-0.2, 0) is 11.2 Å². The molecule has 21 heavy (non-hydrogen) atoms. The van der Waals surface area contributed by atoms with Gasteiger partial charge in [-0.05, 0) is 36.3 Å². The number of hydrogen-bond donors (Lipinski definition) is 2. The molecular formula is C16H20N2O3. The maximum Gasteiger partial charge on any atom is 0.407 e. The Balaban J connectivity index is 1.48. The summed E-state index contributed by atoms with van der Waals surface area (Å²) in [7, 11) is 0. The van der Waals surface area contributed by atoms with Crippen molar-refractivity contribution in [2.45, 2.75) is 37.6 Å². The Hall–Kier alpha value is -2.04. The van der Waals surface area contributed by atoms with Crippen molar-refractivity contribution >= 4 is 12.0 Å². The summed E-state index contributed by atoms with van der Waals surface area (Å²) in [5, 5.41) is 11.8. The van der Waals surface area contributed by atoms with Crippen LogP contribution in [0.4, 0.5) is 4.79 Å². The van der Waals surface area contributed by atoms with Gasteiger partial charge in [-0.2, -0.15) is 0 Å². The first kappa shape index (κ1) is 13.9. The minimum Gasteiger partial charge on any atom is -0.465 e. The minimum absolute atomic E-state index is 0.0357. The quantitative estimate of drug-likeness (QED) is 0.890. The zero-order valence-corrected chi connectivity index (χ0v) is 11.9. The maximum atomic E-state index is 12.0. The molecule has 112 valence electrons. The number of likely N-dealkylation sites (tertiary alicyclic amines) is 1. The maximum absolute atomic E-state index is 12.0. The molecule has 2 N–H and O–H groups in total.